The molecular formula is C21H28FN3O3Si. The van der Waals surface area contributed by atoms with Crippen molar-refractivity contribution in [3.8, 4) is 11.5 Å². The molecule has 0 saturated heterocycles. The molecular weight excluding hydrogens is 389 g/mol. The van der Waals surface area contributed by atoms with E-state index in [0.29, 0.717) is 29.2 Å². The molecule has 8 heteroatoms. The van der Waals surface area contributed by atoms with Gasteiger partial charge in [-0.15, -0.1) is 0 Å². The van der Waals surface area contributed by atoms with Gasteiger partial charge in [0.05, 0.1) is 16.7 Å². The molecule has 0 aliphatic carbocycles. The molecule has 29 heavy (non-hydrogen) atoms. The van der Waals surface area contributed by atoms with E-state index in [-0.39, 0.29) is 18.1 Å². The fourth-order valence-electron chi connectivity index (χ4n) is 3.04. The van der Waals surface area contributed by atoms with E-state index in [0.717, 1.165) is 11.6 Å². The number of hydrogen-bond donors (Lipinski definition) is 1. The number of ether oxygens (including phenoxy) is 2. The van der Waals surface area contributed by atoms with Crippen molar-refractivity contribution in [2.24, 2.45) is 7.05 Å². The van der Waals surface area contributed by atoms with Crippen LogP contribution in [0.25, 0.3) is 11.0 Å². The number of aryl methyl sites for hydroxylation is 1. The largest absolute Gasteiger partial charge is 0.457 e. The number of halogens is 1. The highest BCUT2D eigenvalue weighted by atomic mass is 28.3. The summed E-state index contributed by atoms with van der Waals surface area (Å²) in [6.07, 6.45) is 0. The van der Waals surface area contributed by atoms with Crippen molar-refractivity contribution < 1.29 is 13.9 Å². The number of fused-ring (bicyclic) bond motifs is 1. The van der Waals surface area contributed by atoms with Gasteiger partial charge in [0.2, 0.25) is 0 Å². The summed E-state index contributed by atoms with van der Waals surface area (Å²) in [5.74, 6) is 0.398. The van der Waals surface area contributed by atoms with Gasteiger partial charge in [-0.1, -0.05) is 19.6 Å². The summed E-state index contributed by atoms with van der Waals surface area (Å²) in [5, 5.41) is 0. The summed E-state index contributed by atoms with van der Waals surface area (Å²) in [5.41, 5.74) is 7.34. The van der Waals surface area contributed by atoms with Gasteiger partial charge < -0.3 is 15.2 Å². The van der Waals surface area contributed by atoms with Gasteiger partial charge in [-0.2, -0.15) is 0 Å². The van der Waals surface area contributed by atoms with Crippen LogP contribution in [0.5, 0.6) is 11.5 Å². The number of nitrogens with two attached hydrogens (primary N) is 1. The molecule has 0 spiro atoms. The van der Waals surface area contributed by atoms with E-state index >= 15 is 0 Å². The van der Waals surface area contributed by atoms with Gasteiger partial charge in [0.1, 0.15) is 18.2 Å². The molecule has 0 saturated carbocycles. The molecule has 3 rings (SSSR count). The molecule has 0 amide bonds. The van der Waals surface area contributed by atoms with Crippen LogP contribution >= 0.6 is 0 Å². The summed E-state index contributed by atoms with van der Waals surface area (Å²) < 4.78 is 28.9. The van der Waals surface area contributed by atoms with Crippen LogP contribution in [0, 0.1) is 12.7 Å². The van der Waals surface area contributed by atoms with Crippen molar-refractivity contribution in [1.29, 1.82) is 0 Å². The van der Waals surface area contributed by atoms with Gasteiger partial charge in [-0.25, -0.2) is 9.18 Å². The van der Waals surface area contributed by atoms with Gasteiger partial charge in [-0.3, -0.25) is 9.13 Å². The predicted octanol–water partition coefficient (Wildman–Crippen LogP) is 4.47. The molecule has 156 valence electrons. The lowest BCUT2D eigenvalue weighted by atomic mass is 10.2. The van der Waals surface area contributed by atoms with E-state index in [2.05, 4.69) is 19.6 Å². The fraction of sp³-hybridized carbons (Fsp3) is 0.381. The van der Waals surface area contributed by atoms with Crippen LogP contribution < -0.4 is 16.2 Å². The molecule has 0 unspecified atom stereocenters. The third-order valence-electron chi connectivity index (χ3n) is 4.93. The Bertz CT molecular complexity index is 1100. The first-order valence-electron chi connectivity index (χ1n) is 9.58. The Balaban J connectivity index is 1.88. The van der Waals surface area contributed by atoms with Crippen LogP contribution in [-0.2, 0) is 18.5 Å². The van der Waals surface area contributed by atoms with Crippen molar-refractivity contribution in [3.63, 3.8) is 0 Å². The Morgan fingerprint density at radius 1 is 1.14 bits per heavy atom. The van der Waals surface area contributed by atoms with Crippen LogP contribution in [0.2, 0.25) is 25.7 Å². The normalized spacial score (nSPS) is 11.9. The third kappa shape index (κ3) is 4.54. The van der Waals surface area contributed by atoms with E-state index in [9.17, 15) is 9.18 Å². The lowest BCUT2D eigenvalue weighted by molar-refractivity contribution is 0.0873. The quantitative estimate of drug-likeness (QED) is 0.350. The number of nitrogens with zero attached hydrogens (tertiary/aromatic N) is 2. The van der Waals surface area contributed by atoms with Crippen molar-refractivity contribution in [3.05, 3.63) is 52.2 Å². The first kappa shape index (κ1) is 21.1. The Labute approximate surface area is 170 Å². The summed E-state index contributed by atoms with van der Waals surface area (Å²) >= 11 is 0. The van der Waals surface area contributed by atoms with Crippen LogP contribution in [0.15, 0.2) is 35.1 Å². The van der Waals surface area contributed by atoms with Gasteiger partial charge in [0, 0.05) is 33.4 Å². The molecule has 1 aromatic heterocycles. The lowest BCUT2D eigenvalue weighted by Gasteiger charge is -2.15. The van der Waals surface area contributed by atoms with Gasteiger partial charge in [0.15, 0.2) is 5.82 Å². The first-order valence-corrected chi connectivity index (χ1v) is 13.3. The standard InChI is InChI=1S/C21H28FN3O3Si/c1-14-19(9-7-16(23)20(14)22)28-15-6-8-17-18(12-15)25(21(26)24(17)2)13-27-10-11-29(3,4)5/h6-9,12H,10-11,13,23H2,1-5H3. The topological polar surface area (TPSA) is 71.4 Å². The number of hydrogen-bond acceptors (Lipinski definition) is 4. The number of benzene rings is 2. The number of anilines is 1. The molecule has 0 aliphatic rings. The van der Waals surface area contributed by atoms with Crippen molar-refractivity contribution in [2.75, 3.05) is 12.3 Å². The molecule has 0 atom stereocenters. The first-order chi connectivity index (χ1) is 13.6. The highest BCUT2D eigenvalue weighted by molar-refractivity contribution is 6.76. The summed E-state index contributed by atoms with van der Waals surface area (Å²) in [6, 6.07) is 9.48. The SMILES string of the molecule is Cc1c(Oc2ccc3c(c2)n(COCC[Si](C)(C)C)c(=O)n3C)ccc(N)c1F. The fourth-order valence-corrected chi connectivity index (χ4v) is 3.80. The smallest absolute Gasteiger partial charge is 0.330 e. The average Bonchev–Trinajstić information content (AvgIpc) is 2.89. The molecule has 6 nitrogen and oxygen atoms in total. The molecule has 3 aromatic rings. The van der Waals surface area contributed by atoms with Gasteiger partial charge in [0.25, 0.3) is 0 Å². The number of nitrogen functional groups attached to an aromatic ring is 1. The summed E-state index contributed by atoms with van der Waals surface area (Å²) in [7, 11) is 0.524. The van der Waals surface area contributed by atoms with E-state index < -0.39 is 13.9 Å². The maximum atomic E-state index is 14.1. The zero-order chi connectivity index (χ0) is 21.3. The van der Waals surface area contributed by atoms with E-state index in [4.69, 9.17) is 15.2 Å². The van der Waals surface area contributed by atoms with Crippen molar-refractivity contribution >= 4 is 24.8 Å². The van der Waals surface area contributed by atoms with E-state index in [1.165, 1.54) is 6.07 Å². The monoisotopic (exact) mass is 417 g/mol. The van der Waals surface area contributed by atoms with Gasteiger partial charge >= 0.3 is 5.69 Å². The van der Waals surface area contributed by atoms with Crippen LogP contribution in [0.4, 0.5) is 10.1 Å². The molecule has 0 aliphatic heterocycles. The zero-order valence-corrected chi connectivity index (χ0v) is 18.6. The molecule has 1 heterocycles. The minimum Gasteiger partial charge on any atom is -0.457 e. The van der Waals surface area contributed by atoms with E-state index in [1.807, 2.05) is 6.07 Å². The second-order valence-corrected chi connectivity index (χ2v) is 14.1. The maximum absolute atomic E-state index is 14.1. The molecule has 0 bridgehead atoms. The Morgan fingerprint density at radius 2 is 1.86 bits per heavy atom. The Hall–Kier alpha value is -2.58. The third-order valence-corrected chi connectivity index (χ3v) is 6.63. The second-order valence-electron chi connectivity index (χ2n) is 8.46. The Kier molecular flexibility index (Phi) is 5.86. The highest BCUT2D eigenvalue weighted by Crippen LogP contribution is 2.30. The second kappa shape index (κ2) is 8.04. The molecule has 2 N–H and O–H groups in total. The summed E-state index contributed by atoms with van der Waals surface area (Å²) in [6.45, 7) is 9.27. The number of imidazole rings is 1. The molecule has 0 radical (unpaired) electrons. The highest BCUT2D eigenvalue weighted by Gasteiger charge is 2.15. The minimum atomic E-state index is -1.20. The van der Waals surface area contributed by atoms with Crippen LogP contribution in [0.1, 0.15) is 5.56 Å². The van der Waals surface area contributed by atoms with E-state index in [1.54, 1.807) is 41.3 Å². The zero-order valence-electron chi connectivity index (χ0n) is 17.6. The number of aromatic nitrogens is 2. The maximum Gasteiger partial charge on any atom is 0.330 e. The average molecular weight is 418 g/mol. The number of rotatable bonds is 7. The van der Waals surface area contributed by atoms with Gasteiger partial charge in [-0.05, 0) is 37.2 Å². The summed E-state index contributed by atoms with van der Waals surface area (Å²) in [4.78, 5) is 12.6. The van der Waals surface area contributed by atoms with Crippen molar-refractivity contribution in [2.45, 2.75) is 39.3 Å². The van der Waals surface area contributed by atoms with Crippen LogP contribution in [-0.4, -0.2) is 23.8 Å². The predicted molar refractivity (Wildman–Crippen MR) is 117 cm³/mol. The molecule has 2 aromatic carbocycles. The minimum absolute atomic E-state index is 0.0812. The molecule has 0 fully saturated rings. The van der Waals surface area contributed by atoms with Crippen molar-refractivity contribution in [1.82, 2.24) is 9.13 Å². The lowest BCUT2D eigenvalue weighted by Crippen LogP contribution is -2.25. The van der Waals surface area contributed by atoms with Crippen LogP contribution in [0.3, 0.4) is 0 Å². The Morgan fingerprint density at radius 3 is 2.55 bits per heavy atom.